The van der Waals surface area contributed by atoms with E-state index in [1.807, 2.05) is 16.9 Å². The fourth-order valence-corrected chi connectivity index (χ4v) is 2.80. The van der Waals surface area contributed by atoms with Crippen molar-refractivity contribution >= 4 is 21.7 Å². The molecule has 4 nitrogen and oxygen atoms in total. The van der Waals surface area contributed by atoms with Crippen molar-refractivity contribution in [3.8, 4) is 0 Å². The molecule has 2 N–H and O–H groups in total. The summed E-state index contributed by atoms with van der Waals surface area (Å²) in [6, 6.07) is 10.9. The van der Waals surface area contributed by atoms with E-state index in [0.29, 0.717) is 12.0 Å². The van der Waals surface area contributed by atoms with Crippen LogP contribution >= 0.6 is 15.9 Å². The van der Waals surface area contributed by atoms with Crippen LogP contribution in [0.2, 0.25) is 0 Å². The summed E-state index contributed by atoms with van der Waals surface area (Å²) in [5, 5.41) is 11.4. The quantitative estimate of drug-likeness (QED) is 0.902. The van der Waals surface area contributed by atoms with Gasteiger partial charge >= 0.3 is 0 Å². The maximum absolute atomic E-state index is 4.32. The Morgan fingerprint density at radius 3 is 3.00 bits per heavy atom. The molecule has 0 saturated carbocycles. The fraction of sp³-hybridized carbons (Fsp3) is 0.400. The molecule has 1 aliphatic rings. The third-order valence-corrected chi connectivity index (χ3v) is 4.33. The summed E-state index contributed by atoms with van der Waals surface area (Å²) in [6.07, 6.45) is 1.85. The third kappa shape index (κ3) is 3.04. The van der Waals surface area contributed by atoms with Crippen molar-refractivity contribution in [3.63, 3.8) is 0 Å². The maximum atomic E-state index is 4.32. The van der Waals surface area contributed by atoms with Gasteiger partial charge in [-0.15, -0.1) is 0 Å². The van der Waals surface area contributed by atoms with E-state index in [1.165, 1.54) is 5.56 Å². The van der Waals surface area contributed by atoms with Crippen LogP contribution in [0, 0.1) is 5.92 Å². The lowest BCUT2D eigenvalue weighted by Crippen LogP contribution is -2.36. The van der Waals surface area contributed by atoms with Crippen LogP contribution in [0.15, 0.2) is 41.0 Å². The molecule has 0 fully saturated rings. The van der Waals surface area contributed by atoms with Crippen LogP contribution in [0.5, 0.6) is 0 Å². The normalized spacial score (nSPS) is 19.2. The Balaban J connectivity index is 1.54. The highest BCUT2D eigenvalue weighted by Crippen LogP contribution is 2.19. The zero-order chi connectivity index (χ0) is 13.9. The Bertz CT molecular complexity index is 564. The first kappa shape index (κ1) is 13.6. The van der Waals surface area contributed by atoms with E-state index < -0.39 is 0 Å². The largest absolute Gasteiger partial charge is 0.370 e. The van der Waals surface area contributed by atoms with E-state index in [-0.39, 0.29) is 0 Å². The summed E-state index contributed by atoms with van der Waals surface area (Å²) in [5.41, 5.74) is 1.32. The van der Waals surface area contributed by atoms with Crippen LogP contribution in [0.1, 0.15) is 18.5 Å². The summed E-state index contributed by atoms with van der Waals surface area (Å²) in [6.45, 7) is 5.18. The summed E-state index contributed by atoms with van der Waals surface area (Å²) in [4.78, 5) is 0. The standard InChI is InChI=1S/C15H19BrN4/c1-11(13-2-4-14(16)5-3-13)17-8-12-9-18-15-6-7-19-20(15)10-12/h2-7,11-12,17-18H,8-10H2,1H3/t11-,12-/m1/s1. The van der Waals surface area contributed by atoms with E-state index in [4.69, 9.17) is 0 Å². The predicted octanol–water partition coefficient (Wildman–Crippen LogP) is 3.04. The van der Waals surface area contributed by atoms with Crippen molar-refractivity contribution in [2.75, 3.05) is 18.4 Å². The van der Waals surface area contributed by atoms with Crippen molar-refractivity contribution in [2.24, 2.45) is 5.92 Å². The second-order valence-electron chi connectivity index (χ2n) is 5.33. The molecule has 2 aromatic rings. The number of anilines is 1. The number of fused-ring (bicyclic) bond motifs is 1. The molecular formula is C15H19BrN4. The molecule has 0 radical (unpaired) electrons. The molecule has 1 aromatic carbocycles. The van der Waals surface area contributed by atoms with Crippen LogP contribution in [-0.4, -0.2) is 22.9 Å². The average molecular weight is 335 g/mol. The SMILES string of the molecule is C[C@@H](NC[C@@H]1CNc2ccnn2C1)c1ccc(Br)cc1. The van der Waals surface area contributed by atoms with Gasteiger partial charge in [0.1, 0.15) is 5.82 Å². The maximum Gasteiger partial charge on any atom is 0.124 e. The van der Waals surface area contributed by atoms with Crippen molar-refractivity contribution in [3.05, 3.63) is 46.6 Å². The van der Waals surface area contributed by atoms with E-state index >= 15 is 0 Å². The molecule has 1 aromatic heterocycles. The van der Waals surface area contributed by atoms with Crippen molar-refractivity contribution < 1.29 is 0 Å². The van der Waals surface area contributed by atoms with Gasteiger partial charge in [-0.1, -0.05) is 28.1 Å². The van der Waals surface area contributed by atoms with Gasteiger partial charge in [0.15, 0.2) is 0 Å². The second-order valence-corrected chi connectivity index (χ2v) is 6.24. The summed E-state index contributed by atoms with van der Waals surface area (Å²) >= 11 is 3.47. The van der Waals surface area contributed by atoms with Gasteiger partial charge in [-0.3, -0.25) is 0 Å². The minimum Gasteiger partial charge on any atom is -0.370 e. The minimum absolute atomic E-state index is 0.363. The summed E-state index contributed by atoms with van der Waals surface area (Å²) in [5.74, 6) is 1.70. The number of rotatable bonds is 4. The minimum atomic E-state index is 0.363. The van der Waals surface area contributed by atoms with Crippen LogP contribution < -0.4 is 10.6 Å². The number of hydrogen-bond acceptors (Lipinski definition) is 3. The number of aromatic nitrogens is 2. The van der Waals surface area contributed by atoms with Gasteiger partial charge in [-0.25, -0.2) is 4.68 Å². The molecule has 1 aliphatic heterocycles. The van der Waals surface area contributed by atoms with Gasteiger partial charge in [0.2, 0.25) is 0 Å². The number of hydrogen-bond donors (Lipinski definition) is 2. The lowest BCUT2D eigenvalue weighted by Gasteiger charge is -2.26. The fourth-order valence-electron chi connectivity index (χ4n) is 2.54. The first-order valence-electron chi connectivity index (χ1n) is 6.97. The number of nitrogens with one attached hydrogen (secondary N) is 2. The highest BCUT2D eigenvalue weighted by molar-refractivity contribution is 9.10. The van der Waals surface area contributed by atoms with E-state index in [1.54, 1.807) is 0 Å². The Kier molecular flexibility index (Phi) is 4.08. The van der Waals surface area contributed by atoms with E-state index in [9.17, 15) is 0 Å². The highest BCUT2D eigenvalue weighted by atomic mass is 79.9. The van der Waals surface area contributed by atoms with Crippen molar-refractivity contribution in [1.29, 1.82) is 0 Å². The number of halogens is 1. The van der Waals surface area contributed by atoms with E-state index in [0.717, 1.165) is 29.9 Å². The Morgan fingerprint density at radius 2 is 2.20 bits per heavy atom. The van der Waals surface area contributed by atoms with Crippen molar-refractivity contribution in [1.82, 2.24) is 15.1 Å². The van der Waals surface area contributed by atoms with Gasteiger partial charge in [-0.05, 0) is 24.6 Å². The number of nitrogens with zero attached hydrogens (tertiary/aromatic N) is 2. The predicted molar refractivity (Wildman–Crippen MR) is 84.8 cm³/mol. The molecule has 2 atom stereocenters. The molecule has 20 heavy (non-hydrogen) atoms. The molecule has 0 aliphatic carbocycles. The average Bonchev–Trinajstić information content (AvgIpc) is 2.93. The molecule has 5 heteroatoms. The first-order chi connectivity index (χ1) is 9.72. The van der Waals surface area contributed by atoms with Crippen LogP contribution in [0.4, 0.5) is 5.82 Å². The van der Waals surface area contributed by atoms with Gasteiger partial charge in [0.25, 0.3) is 0 Å². The first-order valence-corrected chi connectivity index (χ1v) is 7.76. The molecule has 3 rings (SSSR count). The topological polar surface area (TPSA) is 41.9 Å². The lowest BCUT2D eigenvalue weighted by molar-refractivity contribution is 0.376. The highest BCUT2D eigenvalue weighted by Gasteiger charge is 2.18. The molecule has 0 spiro atoms. The Hall–Kier alpha value is -1.33. The lowest BCUT2D eigenvalue weighted by atomic mass is 10.1. The molecule has 0 saturated heterocycles. The zero-order valence-corrected chi connectivity index (χ0v) is 13.1. The smallest absolute Gasteiger partial charge is 0.124 e. The van der Waals surface area contributed by atoms with Crippen LogP contribution in [0.25, 0.3) is 0 Å². The second kappa shape index (κ2) is 5.97. The van der Waals surface area contributed by atoms with Crippen LogP contribution in [-0.2, 0) is 6.54 Å². The monoisotopic (exact) mass is 334 g/mol. The molecule has 0 bridgehead atoms. The van der Waals surface area contributed by atoms with Gasteiger partial charge in [0, 0.05) is 42.1 Å². The molecule has 106 valence electrons. The third-order valence-electron chi connectivity index (χ3n) is 3.80. The Labute approximate surface area is 127 Å². The van der Waals surface area contributed by atoms with Gasteiger partial charge in [-0.2, -0.15) is 5.10 Å². The molecule has 2 heterocycles. The summed E-state index contributed by atoms with van der Waals surface area (Å²) < 4.78 is 3.16. The zero-order valence-electron chi connectivity index (χ0n) is 11.5. The number of benzene rings is 1. The van der Waals surface area contributed by atoms with Gasteiger partial charge < -0.3 is 10.6 Å². The molecular weight excluding hydrogens is 316 g/mol. The van der Waals surface area contributed by atoms with Crippen LogP contribution in [0.3, 0.4) is 0 Å². The molecule has 0 amide bonds. The van der Waals surface area contributed by atoms with Crippen molar-refractivity contribution in [2.45, 2.75) is 19.5 Å². The van der Waals surface area contributed by atoms with E-state index in [2.05, 4.69) is 62.9 Å². The molecule has 0 unspecified atom stereocenters. The summed E-state index contributed by atoms with van der Waals surface area (Å²) in [7, 11) is 0. The Morgan fingerprint density at radius 1 is 1.40 bits per heavy atom. The van der Waals surface area contributed by atoms with Gasteiger partial charge in [0.05, 0.1) is 6.20 Å².